The Bertz CT molecular complexity index is 2050. The van der Waals surface area contributed by atoms with Crippen LogP contribution in [-0.4, -0.2) is 120 Å². The number of nitrogens with zero attached hydrogens (tertiary/aromatic N) is 2. The fourth-order valence-corrected chi connectivity index (χ4v) is 9.23. The molecule has 2 aromatic rings. The highest BCUT2D eigenvalue weighted by Gasteiger charge is 2.52. The van der Waals surface area contributed by atoms with Crippen molar-refractivity contribution in [1.29, 1.82) is 0 Å². The highest BCUT2D eigenvalue weighted by molar-refractivity contribution is 5.95. The molecule has 64 heavy (non-hydrogen) atoms. The lowest BCUT2D eigenvalue weighted by Gasteiger charge is -2.35. The third-order valence-corrected chi connectivity index (χ3v) is 12.5. The Kier molecular flexibility index (Phi) is 16.2. The molecule has 2 aliphatic carbocycles. The lowest BCUT2D eigenvalue weighted by molar-refractivity contribution is -0.149. The van der Waals surface area contributed by atoms with E-state index in [0.717, 1.165) is 11.1 Å². The van der Waals surface area contributed by atoms with Gasteiger partial charge in [-0.15, -0.1) is 0 Å². The molecule has 0 radical (unpaired) electrons. The monoisotopic (exact) mass is 883 g/mol. The first-order valence-corrected chi connectivity index (χ1v) is 22.3. The highest BCUT2D eigenvalue weighted by Crippen LogP contribution is 2.45. The van der Waals surface area contributed by atoms with Gasteiger partial charge in [0.15, 0.2) is 0 Å². The summed E-state index contributed by atoms with van der Waals surface area (Å²) >= 11 is 0. The van der Waals surface area contributed by atoms with E-state index in [2.05, 4.69) is 31.3 Å². The maximum atomic E-state index is 14.5. The standard InChI is InChI=1S/C47H61N7O10/c1-28(2)23-35(46(61)64-27-31-15-9-6-10-16-31)51-41(56)29(3)49-43(58)37-18-12-22-54(37)47(62)52-40-33-20-19-32(25-33)39(40)45(60)53-21-11-17-36(53)44(59)50-34(24-30-13-7-5-8-14-30)42(57)48-26-38(55)63-4/h5-10,13-16,19-20,28-29,32-37,39-40H,11-12,17-18,21-27H2,1-4H3,(H,48,57)(H,49,58)(H,50,59)(H,51,56)(H,52,62)/t29-,32+,33-,34-,35-,36-,37-,39+,40-/m0/s1. The van der Waals surface area contributed by atoms with Gasteiger partial charge in [-0.25, -0.2) is 9.59 Å². The first-order valence-electron chi connectivity index (χ1n) is 22.3. The number of likely N-dealkylation sites (tertiary alicyclic amines) is 2. The summed E-state index contributed by atoms with van der Waals surface area (Å²) in [6.45, 7) is 5.65. The molecule has 2 heterocycles. The minimum absolute atomic E-state index is 0.0540. The Morgan fingerprint density at radius 3 is 1.98 bits per heavy atom. The maximum absolute atomic E-state index is 14.5. The molecule has 2 aromatic carbocycles. The number of allylic oxidation sites excluding steroid dienone is 1. The Morgan fingerprint density at radius 2 is 1.33 bits per heavy atom. The molecule has 4 aliphatic rings. The van der Waals surface area contributed by atoms with Gasteiger partial charge in [0.2, 0.25) is 29.5 Å². The lowest BCUT2D eigenvalue weighted by Crippen LogP contribution is -2.58. The van der Waals surface area contributed by atoms with E-state index in [1.165, 1.54) is 18.9 Å². The number of urea groups is 1. The molecule has 17 nitrogen and oxygen atoms in total. The number of nitrogens with one attached hydrogen (secondary N) is 5. The predicted molar refractivity (Wildman–Crippen MR) is 233 cm³/mol. The second kappa shape index (κ2) is 21.9. The summed E-state index contributed by atoms with van der Waals surface area (Å²) in [7, 11) is 1.21. The number of benzene rings is 2. The minimum Gasteiger partial charge on any atom is -0.468 e. The number of hydrogen-bond donors (Lipinski definition) is 5. The number of hydrogen-bond acceptors (Lipinski definition) is 10. The van der Waals surface area contributed by atoms with Crippen LogP contribution < -0.4 is 26.6 Å². The molecule has 2 saturated heterocycles. The number of esters is 2. The number of carbonyl (C=O) groups is 8. The third kappa shape index (κ3) is 11.8. The van der Waals surface area contributed by atoms with E-state index in [9.17, 15) is 38.4 Å². The fourth-order valence-electron chi connectivity index (χ4n) is 9.23. The van der Waals surface area contributed by atoms with Gasteiger partial charge in [-0.3, -0.25) is 28.8 Å². The molecule has 9 atom stereocenters. The van der Waals surface area contributed by atoms with Gasteiger partial charge in [-0.1, -0.05) is 86.7 Å². The van der Waals surface area contributed by atoms with Crippen LogP contribution in [0.1, 0.15) is 70.4 Å². The molecule has 5 N–H and O–H groups in total. The van der Waals surface area contributed by atoms with Gasteiger partial charge >= 0.3 is 18.0 Å². The summed E-state index contributed by atoms with van der Waals surface area (Å²) in [5.74, 6) is -4.55. The van der Waals surface area contributed by atoms with Crippen molar-refractivity contribution in [2.75, 3.05) is 26.7 Å². The van der Waals surface area contributed by atoms with Crippen LogP contribution in [0.3, 0.4) is 0 Å². The van der Waals surface area contributed by atoms with Crippen LogP contribution in [0.2, 0.25) is 0 Å². The van der Waals surface area contributed by atoms with Crippen LogP contribution in [-0.2, 0) is 56.1 Å². The van der Waals surface area contributed by atoms with Crippen molar-refractivity contribution in [3.63, 3.8) is 0 Å². The number of fused-ring (bicyclic) bond motifs is 2. The number of rotatable bonds is 18. The van der Waals surface area contributed by atoms with Crippen LogP contribution in [0, 0.1) is 23.7 Å². The Morgan fingerprint density at radius 1 is 0.719 bits per heavy atom. The van der Waals surface area contributed by atoms with E-state index in [0.29, 0.717) is 45.1 Å². The molecule has 0 spiro atoms. The van der Waals surface area contributed by atoms with E-state index < -0.39 is 83.8 Å². The molecule has 344 valence electrons. The molecule has 0 aromatic heterocycles. The zero-order chi connectivity index (χ0) is 45.9. The summed E-state index contributed by atoms with van der Waals surface area (Å²) in [4.78, 5) is 111. The molecule has 2 bridgehead atoms. The second-order valence-electron chi connectivity index (χ2n) is 17.5. The van der Waals surface area contributed by atoms with Gasteiger partial charge in [-0.05, 0) is 74.3 Å². The number of methoxy groups -OCH3 is 1. The van der Waals surface area contributed by atoms with Crippen LogP contribution in [0.15, 0.2) is 72.8 Å². The number of carbonyl (C=O) groups excluding carboxylic acids is 8. The summed E-state index contributed by atoms with van der Waals surface area (Å²) in [5, 5.41) is 13.9. The molecule has 1 saturated carbocycles. The van der Waals surface area contributed by atoms with Crippen molar-refractivity contribution in [2.45, 2.75) is 109 Å². The molecule has 2 aliphatic heterocycles. The topological polar surface area (TPSA) is 222 Å². The van der Waals surface area contributed by atoms with Gasteiger partial charge in [0, 0.05) is 25.6 Å². The Hall–Kier alpha value is -6.26. The normalized spacial score (nSPS) is 23.5. The number of amides is 7. The third-order valence-electron chi connectivity index (χ3n) is 12.5. The quantitative estimate of drug-likeness (QED) is 0.108. The molecule has 6 rings (SSSR count). The summed E-state index contributed by atoms with van der Waals surface area (Å²) in [6, 6.07) is 12.5. The van der Waals surface area contributed by atoms with Crippen LogP contribution in [0.5, 0.6) is 0 Å². The second-order valence-corrected chi connectivity index (χ2v) is 17.5. The van der Waals surface area contributed by atoms with E-state index in [1.807, 2.05) is 86.7 Å². The SMILES string of the molecule is COC(=O)CNC(=O)[C@H](Cc1ccccc1)NC(=O)[C@@H]1CCCN1C(=O)[C@H]1[C@@H](NC(=O)N2CCC[C@H]2C(=O)N[C@@H](C)C(=O)N[C@@H](CC(C)C)C(=O)OCc2ccccc2)[C@H]2C=C[C@@H]1C2. The lowest BCUT2D eigenvalue weighted by atomic mass is 9.87. The van der Waals surface area contributed by atoms with Gasteiger partial charge in [0.1, 0.15) is 43.4 Å². The molecule has 7 amide bonds. The largest absolute Gasteiger partial charge is 0.468 e. The minimum atomic E-state index is -1.03. The van der Waals surface area contributed by atoms with Crippen LogP contribution in [0.25, 0.3) is 0 Å². The van der Waals surface area contributed by atoms with E-state index in [-0.39, 0.29) is 49.8 Å². The fraction of sp³-hybridized carbons (Fsp3) is 0.532. The maximum Gasteiger partial charge on any atom is 0.328 e. The molecule has 17 heteroatoms. The zero-order valence-corrected chi connectivity index (χ0v) is 37.0. The van der Waals surface area contributed by atoms with Gasteiger partial charge in [0.05, 0.1) is 13.0 Å². The van der Waals surface area contributed by atoms with E-state index >= 15 is 0 Å². The summed E-state index contributed by atoms with van der Waals surface area (Å²) < 4.78 is 10.2. The van der Waals surface area contributed by atoms with Crippen LogP contribution in [0.4, 0.5) is 4.79 Å². The van der Waals surface area contributed by atoms with Crippen molar-refractivity contribution < 1.29 is 47.8 Å². The average molecular weight is 884 g/mol. The van der Waals surface area contributed by atoms with Gasteiger partial charge in [0.25, 0.3) is 0 Å². The molecular formula is C47H61N7O10. The first-order chi connectivity index (χ1) is 30.7. The van der Waals surface area contributed by atoms with Crippen LogP contribution >= 0.6 is 0 Å². The van der Waals surface area contributed by atoms with Crippen molar-refractivity contribution in [3.8, 4) is 0 Å². The van der Waals surface area contributed by atoms with Gasteiger partial charge < -0.3 is 45.9 Å². The zero-order valence-electron chi connectivity index (χ0n) is 37.0. The Balaban J connectivity index is 1.06. The summed E-state index contributed by atoms with van der Waals surface area (Å²) in [5.41, 5.74) is 1.60. The summed E-state index contributed by atoms with van der Waals surface area (Å²) in [6.07, 6.45) is 6.95. The predicted octanol–water partition coefficient (Wildman–Crippen LogP) is 2.14. The average Bonchev–Trinajstić information content (AvgIpc) is 4.13. The first kappa shape index (κ1) is 47.2. The van der Waals surface area contributed by atoms with Crippen molar-refractivity contribution in [2.24, 2.45) is 23.7 Å². The van der Waals surface area contributed by atoms with E-state index in [1.54, 1.807) is 4.90 Å². The van der Waals surface area contributed by atoms with Crippen molar-refractivity contribution in [3.05, 3.63) is 83.9 Å². The smallest absolute Gasteiger partial charge is 0.328 e. The highest BCUT2D eigenvalue weighted by atomic mass is 16.5. The van der Waals surface area contributed by atoms with Crippen molar-refractivity contribution in [1.82, 2.24) is 36.4 Å². The Labute approximate surface area is 373 Å². The van der Waals surface area contributed by atoms with E-state index in [4.69, 9.17) is 4.74 Å². The molecular weight excluding hydrogens is 823 g/mol. The molecule has 0 unspecified atom stereocenters. The number of ether oxygens (including phenoxy) is 2. The van der Waals surface area contributed by atoms with Crippen molar-refractivity contribution >= 4 is 47.5 Å². The van der Waals surface area contributed by atoms with Gasteiger partial charge in [-0.2, -0.15) is 0 Å². The molecule has 3 fully saturated rings.